The van der Waals surface area contributed by atoms with E-state index in [0.717, 1.165) is 38.5 Å². The fourth-order valence-corrected chi connectivity index (χ4v) is 9.06. The number of rotatable bonds is 42. The number of allylic oxidation sites excluding steroid dienone is 1. The van der Waals surface area contributed by atoms with E-state index in [4.69, 9.17) is 18.9 Å². The van der Waals surface area contributed by atoms with Gasteiger partial charge in [0.25, 0.3) is 0 Å². The third-order valence-electron chi connectivity index (χ3n) is 13.5. The van der Waals surface area contributed by atoms with Gasteiger partial charge in [-0.1, -0.05) is 206 Å². The van der Waals surface area contributed by atoms with Crippen LogP contribution in [0.3, 0.4) is 0 Å². The number of amides is 1. The van der Waals surface area contributed by atoms with Crippen LogP contribution in [0.5, 0.6) is 0 Å². The Hall–Kier alpha value is -1.27. The van der Waals surface area contributed by atoms with Crippen LogP contribution in [0.15, 0.2) is 12.2 Å². The maximum absolute atomic E-state index is 13.2. The molecule has 66 heavy (non-hydrogen) atoms. The number of ether oxygens (including phenoxy) is 4. The normalized spacial score (nSPS) is 26.8. The van der Waals surface area contributed by atoms with Crippen LogP contribution in [0, 0.1) is 0 Å². The Kier molecular flexibility index (Phi) is 36.4. The second-order valence-corrected chi connectivity index (χ2v) is 19.4. The van der Waals surface area contributed by atoms with E-state index in [1.807, 2.05) is 6.08 Å². The zero-order chi connectivity index (χ0) is 48.2. The molecular weight excluding hydrogens is 847 g/mol. The van der Waals surface area contributed by atoms with Gasteiger partial charge in [0.2, 0.25) is 5.91 Å². The molecule has 0 radical (unpaired) electrons. The van der Waals surface area contributed by atoms with Crippen molar-refractivity contribution in [1.29, 1.82) is 0 Å². The minimum Gasteiger partial charge on any atom is -0.394 e. The van der Waals surface area contributed by atoms with E-state index in [2.05, 4.69) is 19.2 Å². The summed E-state index contributed by atoms with van der Waals surface area (Å²) in [6.07, 6.45) is 25.3. The smallest absolute Gasteiger partial charge is 0.220 e. The Balaban J connectivity index is 1.83. The van der Waals surface area contributed by atoms with Gasteiger partial charge in [0.15, 0.2) is 12.6 Å². The number of carbonyl (C=O) groups is 1. The molecule has 2 rings (SSSR count). The summed E-state index contributed by atoms with van der Waals surface area (Å²) in [5.41, 5.74) is 0. The van der Waals surface area contributed by atoms with Crippen molar-refractivity contribution < 1.29 is 64.6 Å². The first-order valence-electron chi connectivity index (χ1n) is 26.9. The fourth-order valence-electron chi connectivity index (χ4n) is 9.06. The molecule has 9 N–H and O–H groups in total. The molecule has 2 saturated heterocycles. The quantitative estimate of drug-likeness (QED) is 0.0213. The van der Waals surface area contributed by atoms with Gasteiger partial charge in [-0.3, -0.25) is 4.79 Å². The van der Waals surface area contributed by atoms with E-state index in [9.17, 15) is 45.6 Å². The number of aliphatic hydroxyl groups excluding tert-OH is 8. The lowest BCUT2D eigenvalue weighted by molar-refractivity contribution is -0.359. The molecule has 0 aromatic rings. The van der Waals surface area contributed by atoms with Gasteiger partial charge in [0, 0.05) is 6.42 Å². The number of carbonyl (C=O) groups excluding carboxylic acids is 1. The van der Waals surface area contributed by atoms with Crippen LogP contribution in [0.1, 0.15) is 219 Å². The monoisotopic (exact) mass is 946 g/mol. The van der Waals surface area contributed by atoms with Crippen molar-refractivity contribution in [2.75, 3.05) is 19.8 Å². The average Bonchev–Trinajstić information content (AvgIpc) is 3.31. The van der Waals surface area contributed by atoms with E-state index < -0.39 is 86.8 Å². The third kappa shape index (κ3) is 26.1. The first-order valence-corrected chi connectivity index (χ1v) is 26.9. The van der Waals surface area contributed by atoms with Gasteiger partial charge in [0.05, 0.1) is 32.0 Å². The standard InChI is InChI=1S/C52H99NO13/c1-3-5-7-9-11-13-15-17-19-20-22-23-25-27-29-31-33-35-41(56)40(53-44(57)36-34-32-30-28-26-24-21-18-16-14-12-10-8-6-4-2)39-63-51-49(62)47(60)50(43(38-55)65-51)66-52-48(61)46(59)45(58)42(37-54)64-52/h33,35,40-43,45-52,54-56,58-62H,3-32,34,36-39H2,1-2H3,(H,53,57)/b35-33+. The second kappa shape index (κ2) is 39.5. The lowest BCUT2D eigenvalue weighted by Gasteiger charge is -2.46. The Morgan fingerprint density at radius 1 is 0.530 bits per heavy atom. The molecule has 0 bridgehead atoms. The molecule has 1 amide bonds. The topological polar surface area (TPSA) is 228 Å². The van der Waals surface area contributed by atoms with E-state index in [1.54, 1.807) is 6.08 Å². The molecule has 0 saturated carbocycles. The van der Waals surface area contributed by atoms with Crippen LogP contribution >= 0.6 is 0 Å². The highest BCUT2D eigenvalue weighted by Crippen LogP contribution is 2.30. The molecule has 14 heteroatoms. The van der Waals surface area contributed by atoms with Crippen molar-refractivity contribution in [2.45, 2.75) is 293 Å². The largest absolute Gasteiger partial charge is 0.394 e. The lowest BCUT2D eigenvalue weighted by atomic mass is 9.97. The van der Waals surface area contributed by atoms with Crippen molar-refractivity contribution in [1.82, 2.24) is 5.32 Å². The molecule has 2 aliphatic rings. The minimum absolute atomic E-state index is 0.237. The van der Waals surface area contributed by atoms with Gasteiger partial charge < -0.3 is 65.1 Å². The Bertz CT molecular complexity index is 1160. The molecule has 0 spiro atoms. The van der Waals surface area contributed by atoms with Crippen LogP contribution in [0.4, 0.5) is 0 Å². The maximum Gasteiger partial charge on any atom is 0.220 e. The molecule has 0 aromatic carbocycles. The highest BCUT2D eigenvalue weighted by Gasteiger charge is 2.51. The first-order chi connectivity index (χ1) is 32.1. The fraction of sp³-hybridized carbons (Fsp3) is 0.942. The molecule has 12 atom stereocenters. The van der Waals surface area contributed by atoms with Gasteiger partial charge in [-0.15, -0.1) is 0 Å². The van der Waals surface area contributed by atoms with E-state index in [1.165, 1.54) is 154 Å². The van der Waals surface area contributed by atoms with Crippen molar-refractivity contribution >= 4 is 5.91 Å². The second-order valence-electron chi connectivity index (χ2n) is 19.4. The molecule has 0 aliphatic carbocycles. The highest BCUT2D eigenvalue weighted by atomic mass is 16.7. The van der Waals surface area contributed by atoms with Crippen molar-refractivity contribution in [2.24, 2.45) is 0 Å². The number of aliphatic hydroxyl groups is 8. The van der Waals surface area contributed by atoms with Gasteiger partial charge >= 0.3 is 0 Å². The van der Waals surface area contributed by atoms with Crippen LogP contribution < -0.4 is 5.32 Å². The van der Waals surface area contributed by atoms with Crippen LogP contribution in [-0.4, -0.2) is 140 Å². The highest BCUT2D eigenvalue weighted by molar-refractivity contribution is 5.76. The van der Waals surface area contributed by atoms with E-state index in [-0.39, 0.29) is 18.9 Å². The summed E-state index contributed by atoms with van der Waals surface area (Å²) in [7, 11) is 0. The molecule has 390 valence electrons. The summed E-state index contributed by atoms with van der Waals surface area (Å²) in [5, 5.41) is 86.8. The minimum atomic E-state index is -1.78. The predicted molar refractivity (Wildman–Crippen MR) is 259 cm³/mol. The molecule has 2 heterocycles. The lowest BCUT2D eigenvalue weighted by Crippen LogP contribution is -2.65. The molecule has 0 aromatic heterocycles. The van der Waals surface area contributed by atoms with Crippen LogP contribution in [0.2, 0.25) is 0 Å². The Morgan fingerprint density at radius 3 is 1.39 bits per heavy atom. The van der Waals surface area contributed by atoms with Gasteiger partial charge in [0.1, 0.15) is 48.8 Å². The van der Waals surface area contributed by atoms with Crippen molar-refractivity contribution in [3.8, 4) is 0 Å². The van der Waals surface area contributed by atoms with E-state index >= 15 is 0 Å². The molecule has 12 unspecified atom stereocenters. The summed E-state index contributed by atoms with van der Waals surface area (Å²) in [5.74, 6) is -0.237. The molecule has 2 aliphatic heterocycles. The average molecular weight is 946 g/mol. The van der Waals surface area contributed by atoms with Crippen LogP contribution in [0.25, 0.3) is 0 Å². The zero-order valence-electron chi connectivity index (χ0n) is 41.5. The van der Waals surface area contributed by atoms with Gasteiger partial charge in [-0.2, -0.15) is 0 Å². The summed E-state index contributed by atoms with van der Waals surface area (Å²) in [6, 6.07) is -0.908. The zero-order valence-corrected chi connectivity index (χ0v) is 41.5. The summed E-state index contributed by atoms with van der Waals surface area (Å²) < 4.78 is 22.7. The molecule has 2 fully saturated rings. The molecular formula is C52H99NO13. The SMILES string of the molecule is CCCCCCCCCCCCCCCCC/C=C/C(O)C(COC1OC(CO)C(OC2OC(CO)C(O)C(O)C2O)C(O)C1O)NC(=O)CCCCCCCCCCCCCCCCC. The number of hydrogen-bond acceptors (Lipinski definition) is 13. The number of nitrogens with one attached hydrogen (secondary N) is 1. The maximum atomic E-state index is 13.2. The number of hydrogen-bond donors (Lipinski definition) is 9. The summed E-state index contributed by atoms with van der Waals surface area (Å²) in [4.78, 5) is 13.2. The van der Waals surface area contributed by atoms with Gasteiger partial charge in [-0.25, -0.2) is 0 Å². The number of unbranched alkanes of at least 4 members (excludes halogenated alkanes) is 29. The summed E-state index contributed by atoms with van der Waals surface area (Å²) in [6.45, 7) is 2.80. The van der Waals surface area contributed by atoms with Crippen LogP contribution in [-0.2, 0) is 23.7 Å². The Labute approximate surface area is 399 Å². The van der Waals surface area contributed by atoms with E-state index in [0.29, 0.717) is 6.42 Å². The van der Waals surface area contributed by atoms with Crippen molar-refractivity contribution in [3.63, 3.8) is 0 Å². The molecule has 14 nitrogen and oxygen atoms in total. The predicted octanol–water partition coefficient (Wildman–Crippen LogP) is 7.55. The third-order valence-corrected chi connectivity index (χ3v) is 13.5. The first kappa shape index (κ1) is 60.9. The summed E-state index contributed by atoms with van der Waals surface area (Å²) >= 11 is 0. The van der Waals surface area contributed by atoms with Crippen molar-refractivity contribution in [3.05, 3.63) is 12.2 Å². The van der Waals surface area contributed by atoms with Gasteiger partial charge in [-0.05, 0) is 19.3 Å². The Morgan fingerprint density at radius 2 is 0.939 bits per heavy atom.